The number of ketones is 1. The molecule has 0 radical (unpaired) electrons. The third kappa shape index (κ3) is 5.00. The molecule has 1 heterocycles. The van der Waals surface area contributed by atoms with E-state index in [1.165, 1.54) is 11.3 Å². The van der Waals surface area contributed by atoms with Crippen LogP contribution < -0.4 is 9.47 Å². The molecular formula is C22H19ClO3S. The Hall–Kier alpha value is -2.56. The van der Waals surface area contributed by atoms with Crippen LogP contribution in [0.5, 0.6) is 11.5 Å². The maximum Gasteiger partial charge on any atom is 0.195 e. The molecule has 0 aliphatic rings. The number of hydrogen-bond acceptors (Lipinski definition) is 4. The van der Waals surface area contributed by atoms with Crippen molar-refractivity contribution in [3.63, 3.8) is 0 Å². The predicted molar refractivity (Wildman–Crippen MR) is 111 cm³/mol. The van der Waals surface area contributed by atoms with Gasteiger partial charge >= 0.3 is 0 Å². The Morgan fingerprint density at radius 3 is 2.74 bits per heavy atom. The van der Waals surface area contributed by atoms with Gasteiger partial charge < -0.3 is 9.47 Å². The molecule has 0 saturated carbocycles. The van der Waals surface area contributed by atoms with Gasteiger partial charge in [0.2, 0.25) is 0 Å². The molecule has 0 aliphatic carbocycles. The van der Waals surface area contributed by atoms with E-state index < -0.39 is 0 Å². The SMILES string of the molecule is COc1ccc(/C=C/C(=O)c2cccs2)cc1COc1ccc(Cl)c(C)c1. The number of thiophene rings is 1. The van der Waals surface area contributed by atoms with Gasteiger partial charge in [-0.3, -0.25) is 4.79 Å². The van der Waals surface area contributed by atoms with E-state index in [1.54, 1.807) is 19.3 Å². The summed E-state index contributed by atoms with van der Waals surface area (Å²) in [6, 6.07) is 15.0. The van der Waals surface area contributed by atoms with Crippen molar-refractivity contribution in [2.45, 2.75) is 13.5 Å². The van der Waals surface area contributed by atoms with Crippen molar-refractivity contribution in [3.8, 4) is 11.5 Å². The number of ether oxygens (including phenoxy) is 2. The van der Waals surface area contributed by atoms with Crippen LogP contribution in [-0.4, -0.2) is 12.9 Å². The average Bonchev–Trinajstić information content (AvgIpc) is 3.22. The van der Waals surface area contributed by atoms with Crippen molar-refractivity contribution >= 4 is 34.8 Å². The van der Waals surface area contributed by atoms with Crippen LogP contribution in [0.4, 0.5) is 0 Å². The number of aryl methyl sites for hydroxylation is 1. The minimum Gasteiger partial charge on any atom is -0.496 e. The summed E-state index contributed by atoms with van der Waals surface area (Å²) in [4.78, 5) is 12.8. The molecule has 1 aromatic heterocycles. The summed E-state index contributed by atoms with van der Waals surface area (Å²) in [6.07, 6.45) is 3.39. The van der Waals surface area contributed by atoms with E-state index in [4.69, 9.17) is 21.1 Å². The molecule has 3 nitrogen and oxygen atoms in total. The molecule has 0 N–H and O–H groups in total. The molecule has 3 aromatic rings. The molecule has 0 aliphatic heterocycles. The number of allylic oxidation sites excluding steroid dienone is 1. The molecule has 0 amide bonds. The fraction of sp³-hybridized carbons (Fsp3) is 0.136. The number of hydrogen-bond donors (Lipinski definition) is 0. The topological polar surface area (TPSA) is 35.5 Å². The molecule has 0 unspecified atom stereocenters. The second kappa shape index (κ2) is 8.89. The second-order valence-corrected chi connectivity index (χ2v) is 7.30. The van der Waals surface area contributed by atoms with Crippen molar-refractivity contribution in [1.29, 1.82) is 0 Å². The first-order chi connectivity index (χ1) is 13.1. The zero-order valence-electron chi connectivity index (χ0n) is 15.1. The Labute approximate surface area is 167 Å². The third-order valence-corrected chi connectivity index (χ3v) is 5.33. The van der Waals surface area contributed by atoms with Gasteiger partial charge in [0.25, 0.3) is 0 Å². The van der Waals surface area contributed by atoms with Crippen molar-refractivity contribution in [2.75, 3.05) is 7.11 Å². The molecule has 27 heavy (non-hydrogen) atoms. The maximum atomic E-state index is 12.1. The minimum atomic E-state index is -0.00439. The Morgan fingerprint density at radius 1 is 1.19 bits per heavy atom. The monoisotopic (exact) mass is 398 g/mol. The molecule has 0 fully saturated rings. The van der Waals surface area contributed by atoms with E-state index >= 15 is 0 Å². The molecule has 0 bridgehead atoms. The molecule has 138 valence electrons. The molecule has 2 aromatic carbocycles. The first-order valence-electron chi connectivity index (χ1n) is 8.38. The Bertz CT molecular complexity index is 962. The molecule has 0 saturated heterocycles. The van der Waals surface area contributed by atoms with Gasteiger partial charge in [0.15, 0.2) is 5.78 Å². The van der Waals surface area contributed by atoms with Gasteiger partial charge in [-0.15, -0.1) is 11.3 Å². The maximum absolute atomic E-state index is 12.1. The van der Waals surface area contributed by atoms with Crippen LogP contribution in [0.1, 0.15) is 26.4 Å². The summed E-state index contributed by atoms with van der Waals surface area (Å²) >= 11 is 7.49. The number of rotatable bonds is 7. The zero-order valence-corrected chi connectivity index (χ0v) is 16.6. The fourth-order valence-corrected chi connectivity index (χ4v) is 3.32. The van der Waals surface area contributed by atoms with Gasteiger partial charge in [-0.1, -0.05) is 29.8 Å². The van der Waals surface area contributed by atoms with Gasteiger partial charge in [-0.25, -0.2) is 0 Å². The normalized spacial score (nSPS) is 10.9. The predicted octanol–water partition coefficient (Wildman–Crippen LogP) is 6.19. The Balaban J connectivity index is 1.74. The lowest BCUT2D eigenvalue weighted by Gasteiger charge is -2.12. The molecule has 3 rings (SSSR count). The van der Waals surface area contributed by atoms with Crippen LogP contribution in [0.2, 0.25) is 5.02 Å². The number of carbonyl (C=O) groups excluding carboxylic acids is 1. The zero-order chi connectivity index (χ0) is 19.2. The van der Waals surface area contributed by atoms with E-state index in [0.717, 1.165) is 33.1 Å². The van der Waals surface area contributed by atoms with E-state index in [-0.39, 0.29) is 5.78 Å². The van der Waals surface area contributed by atoms with Crippen molar-refractivity contribution in [1.82, 2.24) is 0 Å². The quantitative estimate of drug-likeness (QED) is 0.351. The standard InChI is InChI=1S/C22H19ClO3S/c1-15-12-18(7-8-19(15)23)26-14-17-13-16(6-10-21(17)25-2)5-9-20(24)22-4-3-11-27-22/h3-13H,14H2,1-2H3/b9-5+. The Kier molecular flexibility index (Phi) is 6.32. The highest BCUT2D eigenvalue weighted by Gasteiger charge is 2.07. The van der Waals surface area contributed by atoms with Gasteiger partial charge in [0.05, 0.1) is 12.0 Å². The number of halogens is 1. The number of benzene rings is 2. The highest BCUT2D eigenvalue weighted by molar-refractivity contribution is 7.12. The summed E-state index contributed by atoms with van der Waals surface area (Å²) in [7, 11) is 1.63. The average molecular weight is 399 g/mol. The molecule has 0 spiro atoms. The summed E-state index contributed by atoms with van der Waals surface area (Å²) in [6.45, 7) is 2.29. The number of methoxy groups -OCH3 is 1. The van der Waals surface area contributed by atoms with E-state index in [0.29, 0.717) is 11.6 Å². The summed E-state index contributed by atoms with van der Waals surface area (Å²) < 4.78 is 11.3. The van der Waals surface area contributed by atoms with Crippen LogP contribution in [0.15, 0.2) is 60.0 Å². The third-order valence-electron chi connectivity index (χ3n) is 4.02. The Morgan fingerprint density at radius 2 is 2.04 bits per heavy atom. The highest BCUT2D eigenvalue weighted by atomic mass is 35.5. The van der Waals surface area contributed by atoms with Crippen LogP contribution >= 0.6 is 22.9 Å². The van der Waals surface area contributed by atoms with Gasteiger partial charge in [-0.2, -0.15) is 0 Å². The van der Waals surface area contributed by atoms with Crippen LogP contribution in [-0.2, 0) is 6.61 Å². The lowest BCUT2D eigenvalue weighted by atomic mass is 10.1. The smallest absolute Gasteiger partial charge is 0.195 e. The molecule has 0 atom stereocenters. The molecule has 5 heteroatoms. The second-order valence-electron chi connectivity index (χ2n) is 5.95. The number of carbonyl (C=O) groups is 1. The van der Waals surface area contributed by atoms with Gasteiger partial charge in [0.1, 0.15) is 18.1 Å². The van der Waals surface area contributed by atoms with E-state index in [9.17, 15) is 4.79 Å². The van der Waals surface area contributed by atoms with Crippen LogP contribution in [0.3, 0.4) is 0 Å². The van der Waals surface area contributed by atoms with E-state index in [2.05, 4.69) is 0 Å². The summed E-state index contributed by atoms with van der Waals surface area (Å²) in [5, 5.41) is 2.60. The lowest BCUT2D eigenvalue weighted by molar-refractivity contribution is 0.105. The fourth-order valence-electron chi connectivity index (χ4n) is 2.56. The highest BCUT2D eigenvalue weighted by Crippen LogP contribution is 2.25. The van der Waals surface area contributed by atoms with Crippen molar-refractivity contribution in [3.05, 3.63) is 86.6 Å². The van der Waals surface area contributed by atoms with Crippen LogP contribution in [0.25, 0.3) is 6.08 Å². The summed E-state index contributed by atoms with van der Waals surface area (Å²) in [5.41, 5.74) is 2.77. The molecular weight excluding hydrogens is 380 g/mol. The van der Waals surface area contributed by atoms with Gasteiger partial charge in [0, 0.05) is 10.6 Å². The van der Waals surface area contributed by atoms with E-state index in [1.807, 2.05) is 60.8 Å². The minimum absolute atomic E-state index is 0.00439. The van der Waals surface area contributed by atoms with Crippen LogP contribution in [0, 0.1) is 6.92 Å². The summed E-state index contributed by atoms with van der Waals surface area (Å²) in [5.74, 6) is 1.48. The van der Waals surface area contributed by atoms with Crippen molar-refractivity contribution in [2.24, 2.45) is 0 Å². The lowest BCUT2D eigenvalue weighted by Crippen LogP contribution is -1.99. The first kappa shape index (κ1) is 19.2. The first-order valence-corrected chi connectivity index (χ1v) is 9.64. The van der Waals surface area contributed by atoms with Gasteiger partial charge in [-0.05, 0) is 65.9 Å². The van der Waals surface area contributed by atoms with Crippen molar-refractivity contribution < 1.29 is 14.3 Å². The largest absolute Gasteiger partial charge is 0.496 e.